The quantitative estimate of drug-likeness (QED) is 0.629. The van der Waals surface area contributed by atoms with Crippen LogP contribution < -0.4 is 10.6 Å². The van der Waals surface area contributed by atoms with Crippen molar-refractivity contribution in [3.8, 4) is 0 Å². The number of hydrogen-bond acceptors (Lipinski definition) is 5. The number of Topliss-reactive ketones (excluding diaryl/α,β-unsaturated/α-hetero) is 1. The second kappa shape index (κ2) is 11.1. The highest BCUT2D eigenvalue weighted by Gasteiger charge is 2.19. The zero-order chi connectivity index (χ0) is 15.4. The van der Waals surface area contributed by atoms with Crippen molar-refractivity contribution < 1.29 is 23.9 Å². The SMILES string of the molecule is CCCC(=O)C(CCCCNC(=O)OC)NC(=O)OC. The van der Waals surface area contributed by atoms with E-state index in [-0.39, 0.29) is 5.78 Å². The van der Waals surface area contributed by atoms with Gasteiger partial charge in [-0.15, -0.1) is 0 Å². The molecule has 0 saturated heterocycles. The van der Waals surface area contributed by atoms with E-state index in [1.54, 1.807) is 0 Å². The number of hydrogen-bond donors (Lipinski definition) is 2. The number of methoxy groups -OCH3 is 2. The van der Waals surface area contributed by atoms with E-state index in [9.17, 15) is 14.4 Å². The van der Waals surface area contributed by atoms with E-state index in [1.165, 1.54) is 14.2 Å². The van der Waals surface area contributed by atoms with Crippen LogP contribution in [-0.4, -0.2) is 44.8 Å². The lowest BCUT2D eigenvalue weighted by Gasteiger charge is -2.16. The monoisotopic (exact) mass is 288 g/mol. The molecule has 1 atom stereocenters. The highest BCUT2D eigenvalue weighted by Crippen LogP contribution is 2.06. The fourth-order valence-electron chi connectivity index (χ4n) is 1.67. The Morgan fingerprint density at radius 1 is 1.05 bits per heavy atom. The molecule has 0 spiro atoms. The molecule has 0 aliphatic rings. The molecule has 116 valence electrons. The van der Waals surface area contributed by atoms with Crippen LogP contribution in [0, 0.1) is 0 Å². The lowest BCUT2D eigenvalue weighted by Crippen LogP contribution is -2.40. The van der Waals surface area contributed by atoms with E-state index in [0.29, 0.717) is 32.2 Å². The predicted octanol–water partition coefficient (Wildman–Crippen LogP) is 1.61. The van der Waals surface area contributed by atoms with E-state index < -0.39 is 18.2 Å². The number of nitrogens with one attached hydrogen (secondary N) is 2. The van der Waals surface area contributed by atoms with Gasteiger partial charge < -0.3 is 20.1 Å². The van der Waals surface area contributed by atoms with Gasteiger partial charge in [0.05, 0.1) is 20.3 Å². The Balaban J connectivity index is 4.06. The minimum Gasteiger partial charge on any atom is -0.453 e. The number of ketones is 1. The Hall–Kier alpha value is -1.79. The summed E-state index contributed by atoms with van der Waals surface area (Å²) in [5, 5.41) is 5.09. The van der Waals surface area contributed by atoms with Crippen molar-refractivity contribution in [1.29, 1.82) is 0 Å². The molecule has 7 nitrogen and oxygen atoms in total. The van der Waals surface area contributed by atoms with Crippen LogP contribution in [0.5, 0.6) is 0 Å². The van der Waals surface area contributed by atoms with Crippen LogP contribution >= 0.6 is 0 Å². The van der Waals surface area contributed by atoms with Gasteiger partial charge in [-0.1, -0.05) is 6.92 Å². The van der Waals surface area contributed by atoms with Gasteiger partial charge in [-0.3, -0.25) is 4.79 Å². The lowest BCUT2D eigenvalue weighted by molar-refractivity contribution is -0.121. The molecule has 0 aliphatic carbocycles. The zero-order valence-electron chi connectivity index (χ0n) is 12.4. The molecular formula is C13H24N2O5. The molecule has 0 rings (SSSR count). The minimum absolute atomic E-state index is 0.00109. The average molecular weight is 288 g/mol. The van der Waals surface area contributed by atoms with E-state index in [1.807, 2.05) is 6.92 Å². The first-order valence-electron chi connectivity index (χ1n) is 6.74. The van der Waals surface area contributed by atoms with Gasteiger partial charge in [-0.25, -0.2) is 9.59 Å². The average Bonchev–Trinajstić information content (AvgIpc) is 2.45. The number of unbranched alkanes of at least 4 members (excludes halogenated alkanes) is 1. The maximum absolute atomic E-state index is 11.9. The Kier molecular flexibility index (Phi) is 10.1. The number of rotatable bonds is 9. The molecule has 20 heavy (non-hydrogen) atoms. The molecule has 0 saturated carbocycles. The molecule has 0 aromatic heterocycles. The van der Waals surface area contributed by atoms with Crippen LogP contribution in [0.25, 0.3) is 0 Å². The van der Waals surface area contributed by atoms with Crippen LogP contribution in [0.15, 0.2) is 0 Å². The normalized spacial score (nSPS) is 11.3. The first kappa shape index (κ1) is 18.2. The number of carbonyl (C=O) groups excluding carboxylic acids is 3. The van der Waals surface area contributed by atoms with Crippen molar-refractivity contribution in [3.05, 3.63) is 0 Å². The third-order valence-electron chi connectivity index (χ3n) is 2.74. The summed E-state index contributed by atoms with van der Waals surface area (Å²) in [6.07, 6.45) is 2.01. The molecule has 0 aromatic carbocycles. The van der Waals surface area contributed by atoms with Gasteiger partial charge in [0.1, 0.15) is 0 Å². The Bertz CT molecular complexity index is 320. The number of alkyl carbamates (subject to hydrolysis) is 2. The maximum atomic E-state index is 11.9. The topological polar surface area (TPSA) is 93.7 Å². The van der Waals surface area contributed by atoms with Gasteiger partial charge in [0.15, 0.2) is 5.78 Å². The van der Waals surface area contributed by atoms with Crippen LogP contribution in [0.3, 0.4) is 0 Å². The van der Waals surface area contributed by atoms with Crippen LogP contribution in [0.1, 0.15) is 39.0 Å². The van der Waals surface area contributed by atoms with Crippen molar-refractivity contribution in [2.24, 2.45) is 0 Å². The molecule has 0 radical (unpaired) electrons. The van der Waals surface area contributed by atoms with E-state index in [2.05, 4.69) is 20.1 Å². The van der Waals surface area contributed by atoms with E-state index in [0.717, 1.165) is 6.42 Å². The molecule has 2 amide bonds. The first-order valence-corrected chi connectivity index (χ1v) is 6.74. The van der Waals surface area contributed by atoms with E-state index in [4.69, 9.17) is 0 Å². The Labute approximate surface area is 119 Å². The van der Waals surface area contributed by atoms with E-state index >= 15 is 0 Å². The molecule has 0 aromatic rings. The first-order chi connectivity index (χ1) is 9.54. The minimum atomic E-state index is -0.605. The van der Waals surface area contributed by atoms with Crippen molar-refractivity contribution in [3.63, 3.8) is 0 Å². The Morgan fingerprint density at radius 2 is 1.70 bits per heavy atom. The number of carbonyl (C=O) groups is 3. The smallest absolute Gasteiger partial charge is 0.407 e. The molecule has 1 unspecified atom stereocenters. The highest BCUT2D eigenvalue weighted by molar-refractivity contribution is 5.87. The van der Waals surface area contributed by atoms with Crippen molar-refractivity contribution in [2.75, 3.05) is 20.8 Å². The molecule has 7 heteroatoms. The second-order valence-corrected chi connectivity index (χ2v) is 4.32. The molecule has 2 N–H and O–H groups in total. The van der Waals surface area contributed by atoms with Crippen molar-refractivity contribution >= 4 is 18.0 Å². The van der Waals surface area contributed by atoms with Gasteiger partial charge in [0.2, 0.25) is 0 Å². The fourth-order valence-corrected chi connectivity index (χ4v) is 1.67. The summed E-state index contributed by atoms with van der Waals surface area (Å²) < 4.78 is 8.94. The molecular weight excluding hydrogens is 264 g/mol. The summed E-state index contributed by atoms with van der Waals surface area (Å²) in [4.78, 5) is 33.9. The molecule has 0 heterocycles. The lowest BCUT2D eigenvalue weighted by atomic mass is 10.0. The Morgan fingerprint density at radius 3 is 2.25 bits per heavy atom. The number of ether oxygens (including phenoxy) is 2. The van der Waals surface area contributed by atoms with Gasteiger partial charge in [-0.05, 0) is 25.7 Å². The summed E-state index contributed by atoms with van der Waals surface area (Å²) in [5.74, 6) is -0.00109. The van der Waals surface area contributed by atoms with Gasteiger partial charge in [0.25, 0.3) is 0 Å². The van der Waals surface area contributed by atoms with Crippen LogP contribution in [-0.2, 0) is 14.3 Å². The summed E-state index contributed by atoms with van der Waals surface area (Å²) in [5.41, 5.74) is 0. The van der Waals surface area contributed by atoms with Gasteiger partial charge in [0, 0.05) is 13.0 Å². The summed E-state index contributed by atoms with van der Waals surface area (Å²) in [7, 11) is 2.56. The highest BCUT2D eigenvalue weighted by atomic mass is 16.5. The zero-order valence-corrected chi connectivity index (χ0v) is 12.4. The summed E-state index contributed by atoms with van der Waals surface area (Å²) in [6.45, 7) is 2.38. The van der Waals surface area contributed by atoms with Gasteiger partial charge >= 0.3 is 12.2 Å². The standard InChI is InChI=1S/C13H24N2O5/c1-4-7-11(16)10(15-13(18)20-3)8-5-6-9-14-12(17)19-2/h10H,4-9H2,1-3H3,(H,14,17)(H,15,18). The summed E-state index contributed by atoms with van der Waals surface area (Å²) >= 11 is 0. The fraction of sp³-hybridized carbons (Fsp3) is 0.769. The molecule has 0 bridgehead atoms. The largest absolute Gasteiger partial charge is 0.453 e. The van der Waals surface area contributed by atoms with Crippen molar-refractivity contribution in [2.45, 2.75) is 45.1 Å². The second-order valence-electron chi connectivity index (χ2n) is 4.32. The van der Waals surface area contributed by atoms with Crippen molar-refractivity contribution in [1.82, 2.24) is 10.6 Å². The number of amides is 2. The third-order valence-corrected chi connectivity index (χ3v) is 2.74. The maximum Gasteiger partial charge on any atom is 0.407 e. The summed E-state index contributed by atoms with van der Waals surface area (Å²) in [6, 6.07) is -0.527. The van der Waals surface area contributed by atoms with Gasteiger partial charge in [-0.2, -0.15) is 0 Å². The molecule has 0 fully saturated rings. The third kappa shape index (κ3) is 8.34. The molecule has 0 aliphatic heterocycles. The van der Waals surface area contributed by atoms with Crippen LogP contribution in [0.4, 0.5) is 9.59 Å². The van der Waals surface area contributed by atoms with Crippen LogP contribution in [0.2, 0.25) is 0 Å². The predicted molar refractivity (Wildman–Crippen MR) is 73.5 cm³/mol.